The van der Waals surface area contributed by atoms with Crippen LogP contribution in [0.1, 0.15) is 27.7 Å². The van der Waals surface area contributed by atoms with Gasteiger partial charge in [0.25, 0.3) is 11.5 Å². The molecule has 2 aliphatic rings. The van der Waals surface area contributed by atoms with Crippen LogP contribution in [-0.2, 0) is 22.6 Å². The summed E-state index contributed by atoms with van der Waals surface area (Å²) in [6.07, 6.45) is 3.09. The molecule has 1 saturated heterocycles. The predicted molar refractivity (Wildman–Crippen MR) is 142 cm³/mol. The summed E-state index contributed by atoms with van der Waals surface area (Å²) in [6, 6.07) is 14.8. The lowest BCUT2D eigenvalue weighted by atomic mass is 10.0. The molecular formula is C27H24N8O4. The Hall–Kier alpha value is -4.81. The molecule has 0 unspecified atom stereocenters. The van der Waals surface area contributed by atoms with Crippen molar-refractivity contribution < 1.29 is 14.3 Å². The lowest BCUT2D eigenvalue weighted by molar-refractivity contribution is 0.00605. The van der Waals surface area contributed by atoms with Crippen LogP contribution in [0.15, 0.2) is 65.8 Å². The topological polar surface area (TPSA) is 144 Å². The average molecular weight is 525 g/mol. The standard InChI is InChI=1S/C27H24N8O4/c28-25-24-19(10-20(17-12-39-13-17)34(24)31-15-30-25)16-6-7-22(29-11-16)32-26(36)23-21-14-38-9-8-33(21)35(27(23)37)18-4-2-1-3-5-18/h1-7,10-11,15,17H,8-9,12-14H2,(H2,28,30,31)(H,29,32,36). The predicted octanol–water partition coefficient (Wildman–Crippen LogP) is 2.22. The molecule has 1 fully saturated rings. The Morgan fingerprint density at radius 2 is 1.92 bits per heavy atom. The minimum Gasteiger partial charge on any atom is -0.382 e. The normalized spacial score (nSPS) is 15.2. The number of anilines is 2. The Balaban J connectivity index is 1.21. The van der Waals surface area contributed by atoms with E-state index in [-0.39, 0.29) is 18.1 Å². The van der Waals surface area contributed by atoms with Crippen LogP contribution in [0.25, 0.3) is 22.3 Å². The maximum atomic E-state index is 13.4. The molecule has 7 rings (SSSR count). The molecule has 0 atom stereocenters. The fourth-order valence-corrected chi connectivity index (χ4v) is 5.16. The van der Waals surface area contributed by atoms with Gasteiger partial charge in [0.05, 0.1) is 50.0 Å². The number of amides is 1. The summed E-state index contributed by atoms with van der Waals surface area (Å²) in [5, 5.41) is 7.18. The van der Waals surface area contributed by atoms with Crippen LogP contribution in [0.4, 0.5) is 11.6 Å². The van der Waals surface area contributed by atoms with Crippen LogP contribution in [0.5, 0.6) is 0 Å². The zero-order valence-electron chi connectivity index (χ0n) is 20.8. The first-order valence-electron chi connectivity index (χ1n) is 12.6. The minimum atomic E-state index is -0.539. The molecule has 12 nitrogen and oxygen atoms in total. The number of hydrogen-bond acceptors (Lipinski definition) is 8. The van der Waals surface area contributed by atoms with E-state index < -0.39 is 11.5 Å². The van der Waals surface area contributed by atoms with Crippen LogP contribution < -0.4 is 16.6 Å². The first-order valence-corrected chi connectivity index (χ1v) is 12.6. The van der Waals surface area contributed by atoms with Crippen molar-refractivity contribution in [2.75, 3.05) is 30.9 Å². The molecule has 1 aromatic carbocycles. The van der Waals surface area contributed by atoms with E-state index in [0.29, 0.717) is 54.9 Å². The number of nitrogens with one attached hydrogen (secondary N) is 1. The highest BCUT2D eigenvalue weighted by Gasteiger charge is 2.29. The van der Waals surface area contributed by atoms with Gasteiger partial charge in [0, 0.05) is 23.2 Å². The summed E-state index contributed by atoms with van der Waals surface area (Å²) in [7, 11) is 0. The van der Waals surface area contributed by atoms with Crippen LogP contribution in [0.3, 0.4) is 0 Å². The van der Waals surface area contributed by atoms with Crippen molar-refractivity contribution in [2.45, 2.75) is 19.1 Å². The molecule has 12 heteroatoms. The largest absolute Gasteiger partial charge is 0.382 e. The van der Waals surface area contributed by atoms with Crippen LogP contribution >= 0.6 is 0 Å². The number of rotatable bonds is 5. The van der Waals surface area contributed by atoms with Gasteiger partial charge in [0.15, 0.2) is 5.82 Å². The summed E-state index contributed by atoms with van der Waals surface area (Å²) in [4.78, 5) is 35.4. The molecule has 4 aromatic heterocycles. The number of nitrogens with zero attached hydrogens (tertiary/aromatic N) is 6. The second-order valence-corrected chi connectivity index (χ2v) is 9.46. The number of carbonyl (C=O) groups is 1. The molecule has 0 bridgehead atoms. The van der Waals surface area contributed by atoms with E-state index >= 15 is 0 Å². The lowest BCUT2D eigenvalue weighted by Gasteiger charge is -2.25. The number of nitrogen functional groups attached to an aromatic ring is 1. The van der Waals surface area contributed by atoms with Crippen molar-refractivity contribution >= 4 is 23.1 Å². The molecule has 6 heterocycles. The molecule has 39 heavy (non-hydrogen) atoms. The number of hydrogen-bond donors (Lipinski definition) is 2. The van der Waals surface area contributed by atoms with Crippen molar-refractivity contribution in [2.24, 2.45) is 0 Å². The van der Waals surface area contributed by atoms with E-state index in [1.165, 1.54) is 11.0 Å². The van der Waals surface area contributed by atoms with Gasteiger partial charge in [-0.25, -0.2) is 19.2 Å². The Kier molecular flexibility index (Phi) is 5.49. The number of nitrogens with two attached hydrogens (primary N) is 1. The fraction of sp³-hybridized carbons (Fsp3) is 0.222. The van der Waals surface area contributed by atoms with Gasteiger partial charge in [-0.15, -0.1) is 0 Å². The van der Waals surface area contributed by atoms with Crippen molar-refractivity contribution in [3.8, 4) is 16.8 Å². The molecule has 3 N–H and O–H groups in total. The SMILES string of the molecule is Nc1ncnn2c(C3COC3)cc(-c3ccc(NC(=O)c4c5n(n(-c6ccccc6)c4=O)CCOC5)nc3)c12. The van der Waals surface area contributed by atoms with Crippen LogP contribution in [-0.4, -0.2) is 54.7 Å². The quantitative estimate of drug-likeness (QED) is 0.356. The number of para-hydroxylation sites is 1. The second-order valence-electron chi connectivity index (χ2n) is 9.46. The van der Waals surface area contributed by atoms with E-state index in [4.69, 9.17) is 15.2 Å². The Bertz CT molecular complexity index is 1770. The molecule has 196 valence electrons. The Labute approximate surface area is 221 Å². The highest BCUT2D eigenvalue weighted by atomic mass is 16.5. The van der Waals surface area contributed by atoms with E-state index in [9.17, 15) is 9.59 Å². The second kappa shape index (κ2) is 9.19. The Morgan fingerprint density at radius 3 is 2.67 bits per heavy atom. The molecule has 0 aliphatic carbocycles. The van der Waals surface area contributed by atoms with E-state index in [0.717, 1.165) is 16.8 Å². The minimum absolute atomic E-state index is 0.0418. The van der Waals surface area contributed by atoms with Crippen molar-refractivity contribution in [1.29, 1.82) is 0 Å². The van der Waals surface area contributed by atoms with Crippen molar-refractivity contribution in [1.82, 2.24) is 28.9 Å². The third-order valence-corrected chi connectivity index (χ3v) is 7.14. The van der Waals surface area contributed by atoms with E-state index in [2.05, 4.69) is 20.4 Å². The van der Waals surface area contributed by atoms with Gasteiger partial charge in [0.1, 0.15) is 23.2 Å². The number of pyridine rings is 1. The van der Waals surface area contributed by atoms with Crippen LogP contribution in [0, 0.1) is 0 Å². The summed E-state index contributed by atoms with van der Waals surface area (Å²) < 4.78 is 16.1. The van der Waals surface area contributed by atoms with Gasteiger partial charge in [-0.3, -0.25) is 14.3 Å². The first-order chi connectivity index (χ1) is 19.1. The number of benzene rings is 1. The number of carbonyl (C=O) groups excluding carboxylic acids is 1. The summed E-state index contributed by atoms with van der Waals surface area (Å²) in [5.41, 5.74) is 10.4. The van der Waals surface area contributed by atoms with Gasteiger partial charge in [-0.2, -0.15) is 5.10 Å². The number of aromatic nitrogens is 6. The van der Waals surface area contributed by atoms with Gasteiger partial charge >= 0.3 is 0 Å². The van der Waals surface area contributed by atoms with Gasteiger partial charge in [-0.05, 0) is 30.3 Å². The van der Waals surface area contributed by atoms with Gasteiger partial charge < -0.3 is 20.5 Å². The monoisotopic (exact) mass is 524 g/mol. The maximum Gasteiger partial charge on any atom is 0.284 e. The van der Waals surface area contributed by atoms with Crippen LogP contribution in [0.2, 0.25) is 0 Å². The smallest absolute Gasteiger partial charge is 0.284 e. The van der Waals surface area contributed by atoms with Gasteiger partial charge in [-0.1, -0.05) is 18.2 Å². The van der Waals surface area contributed by atoms with E-state index in [1.807, 2.05) is 47.1 Å². The molecule has 5 aromatic rings. The first kappa shape index (κ1) is 23.3. The molecule has 0 saturated carbocycles. The molecule has 1 amide bonds. The summed E-state index contributed by atoms with van der Waals surface area (Å²) >= 11 is 0. The zero-order chi connectivity index (χ0) is 26.5. The molecule has 2 aliphatic heterocycles. The zero-order valence-corrected chi connectivity index (χ0v) is 20.8. The molecular weight excluding hydrogens is 500 g/mol. The van der Waals surface area contributed by atoms with Crippen molar-refractivity contribution in [3.05, 3.63) is 88.4 Å². The Morgan fingerprint density at radius 1 is 1.08 bits per heavy atom. The maximum absolute atomic E-state index is 13.4. The lowest BCUT2D eigenvalue weighted by Crippen LogP contribution is -2.26. The van der Waals surface area contributed by atoms with Crippen molar-refractivity contribution in [3.63, 3.8) is 0 Å². The highest BCUT2D eigenvalue weighted by molar-refractivity contribution is 6.04. The average Bonchev–Trinajstić information content (AvgIpc) is 3.44. The third kappa shape index (κ3) is 3.80. The summed E-state index contributed by atoms with van der Waals surface area (Å²) in [5.74, 6) is 0.360. The molecule has 0 radical (unpaired) electrons. The fourth-order valence-electron chi connectivity index (χ4n) is 5.16. The van der Waals surface area contributed by atoms with Gasteiger partial charge in [0.2, 0.25) is 0 Å². The highest BCUT2D eigenvalue weighted by Crippen LogP contribution is 2.35. The summed E-state index contributed by atoms with van der Waals surface area (Å²) in [6.45, 7) is 2.34. The molecule has 0 spiro atoms. The van der Waals surface area contributed by atoms with E-state index in [1.54, 1.807) is 16.8 Å². The number of ether oxygens (including phenoxy) is 2. The third-order valence-electron chi connectivity index (χ3n) is 7.14. The number of fused-ring (bicyclic) bond motifs is 2.